The van der Waals surface area contributed by atoms with Crippen molar-refractivity contribution in [3.63, 3.8) is 0 Å². The fraction of sp³-hybridized carbons (Fsp3) is 0.538. The van der Waals surface area contributed by atoms with Gasteiger partial charge in [-0.25, -0.2) is 0 Å². The zero-order valence-corrected chi connectivity index (χ0v) is 10.2. The maximum Gasteiger partial charge on any atom is 0.109 e. The van der Waals surface area contributed by atoms with Crippen molar-refractivity contribution in [2.45, 2.75) is 37.9 Å². The lowest BCUT2D eigenvalue weighted by Crippen LogP contribution is -2.39. The zero-order chi connectivity index (χ0) is 11.6. The summed E-state index contributed by atoms with van der Waals surface area (Å²) >= 11 is 6.08. The van der Waals surface area contributed by atoms with Crippen molar-refractivity contribution in [3.05, 3.63) is 34.9 Å². The van der Waals surface area contributed by atoms with Crippen LogP contribution in [0.4, 0.5) is 0 Å². The van der Waals surface area contributed by atoms with E-state index in [0.717, 1.165) is 31.4 Å². The van der Waals surface area contributed by atoms with Crippen molar-refractivity contribution in [2.75, 3.05) is 6.61 Å². The molecule has 0 aromatic heterocycles. The van der Waals surface area contributed by atoms with E-state index in [2.05, 4.69) is 0 Å². The molecule has 3 heteroatoms. The molecular weight excluding hydrogens is 224 g/mol. The molecule has 1 aromatic carbocycles. The van der Waals surface area contributed by atoms with Crippen LogP contribution >= 0.6 is 11.6 Å². The van der Waals surface area contributed by atoms with Gasteiger partial charge in [0.25, 0.3) is 0 Å². The molecule has 0 saturated carbocycles. The Morgan fingerprint density at radius 3 is 2.75 bits per heavy atom. The summed E-state index contributed by atoms with van der Waals surface area (Å²) in [6.45, 7) is 2.68. The Morgan fingerprint density at radius 2 is 2.12 bits per heavy atom. The van der Waals surface area contributed by atoms with Gasteiger partial charge < -0.3 is 9.84 Å². The maximum absolute atomic E-state index is 10.4. The highest BCUT2D eigenvalue weighted by Gasteiger charge is 2.37. The Labute approximate surface area is 101 Å². The molecule has 0 bridgehead atoms. The minimum atomic E-state index is -0.651. The van der Waals surface area contributed by atoms with Gasteiger partial charge in [0, 0.05) is 17.2 Å². The minimum absolute atomic E-state index is 0.497. The fourth-order valence-electron chi connectivity index (χ4n) is 2.20. The summed E-state index contributed by atoms with van der Waals surface area (Å²) in [5, 5.41) is 11.0. The second-order valence-electron chi connectivity index (χ2n) is 4.54. The molecule has 2 unspecified atom stereocenters. The Hall–Kier alpha value is -0.570. The standard InChI is InChI=1S/C13H17ClO2/c1-13(8-4-5-9-16-13)12(15)10-6-2-3-7-11(10)14/h2-3,6-7,12,15H,4-5,8-9H2,1H3. The molecular formula is C13H17ClO2. The van der Waals surface area contributed by atoms with Gasteiger partial charge in [-0.15, -0.1) is 0 Å². The monoisotopic (exact) mass is 240 g/mol. The van der Waals surface area contributed by atoms with Crippen LogP contribution in [0.5, 0.6) is 0 Å². The third-order valence-electron chi connectivity index (χ3n) is 3.28. The Bertz CT molecular complexity index is 359. The Morgan fingerprint density at radius 1 is 1.38 bits per heavy atom. The van der Waals surface area contributed by atoms with E-state index < -0.39 is 11.7 Å². The van der Waals surface area contributed by atoms with E-state index in [9.17, 15) is 5.11 Å². The zero-order valence-electron chi connectivity index (χ0n) is 9.45. The quantitative estimate of drug-likeness (QED) is 0.859. The van der Waals surface area contributed by atoms with Crippen LogP contribution < -0.4 is 0 Å². The van der Waals surface area contributed by atoms with Gasteiger partial charge in [0.1, 0.15) is 6.10 Å². The van der Waals surface area contributed by atoms with E-state index >= 15 is 0 Å². The van der Waals surface area contributed by atoms with Gasteiger partial charge in [-0.2, -0.15) is 0 Å². The maximum atomic E-state index is 10.4. The molecule has 16 heavy (non-hydrogen) atoms. The van der Waals surface area contributed by atoms with E-state index in [4.69, 9.17) is 16.3 Å². The molecule has 1 saturated heterocycles. The summed E-state index contributed by atoms with van der Waals surface area (Å²) < 4.78 is 5.73. The highest BCUT2D eigenvalue weighted by Crippen LogP contribution is 2.38. The molecule has 1 aromatic rings. The molecule has 0 spiro atoms. The van der Waals surface area contributed by atoms with Gasteiger partial charge in [0.05, 0.1) is 5.60 Å². The van der Waals surface area contributed by atoms with Crippen LogP contribution in [-0.2, 0) is 4.74 Å². The third kappa shape index (κ3) is 2.24. The first-order valence-electron chi connectivity index (χ1n) is 5.70. The van der Waals surface area contributed by atoms with Gasteiger partial charge in [-0.3, -0.25) is 0 Å². The molecule has 0 aliphatic carbocycles. The van der Waals surface area contributed by atoms with Crippen LogP contribution in [-0.4, -0.2) is 17.3 Å². The molecule has 2 rings (SSSR count). The molecule has 1 aliphatic rings. The van der Waals surface area contributed by atoms with Crippen molar-refractivity contribution < 1.29 is 9.84 Å². The van der Waals surface area contributed by atoms with E-state index in [1.165, 1.54) is 0 Å². The highest BCUT2D eigenvalue weighted by molar-refractivity contribution is 6.31. The molecule has 1 N–H and O–H groups in total. The molecule has 0 radical (unpaired) electrons. The van der Waals surface area contributed by atoms with Crippen LogP contribution in [0.1, 0.15) is 37.9 Å². The van der Waals surface area contributed by atoms with Crippen molar-refractivity contribution >= 4 is 11.6 Å². The van der Waals surface area contributed by atoms with Crippen LogP contribution in [0, 0.1) is 0 Å². The number of rotatable bonds is 2. The first kappa shape index (κ1) is 11.9. The summed E-state index contributed by atoms with van der Waals surface area (Å²) in [4.78, 5) is 0. The lowest BCUT2D eigenvalue weighted by molar-refractivity contribution is -0.138. The summed E-state index contributed by atoms with van der Waals surface area (Å²) in [5.41, 5.74) is 0.261. The van der Waals surface area contributed by atoms with Gasteiger partial charge >= 0.3 is 0 Å². The average molecular weight is 241 g/mol. The van der Waals surface area contributed by atoms with Crippen molar-refractivity contribution in [2.24, 2.45) is 0 Å². The molecule has 88 valence electrons. The van der Waals surface area contributed by atoms with E-state index in [-0.39, 0.29) is 0 Å². The lowest BCUT2D eigenvalue weighted by atomic mass is 9.86. The highest BCUT2D eigenvalue weighted by atomic mass is 35.5. The first-order valence-corrected chi connectivity index (χ1v) is 6.08. The largest absolute Gasteiger partial charge is 0.385 e. The Balaban J connectivity index is 2.24. The summed E-state index contributed by atoms with van der Waals surface area (Å²) in [7, 11) is 0. The lowest BCUT2D eigenvalue weighted by Gasteiger charge is -2.38. The van der Waals surface area contributed by atoms with Crippen molar-refractivity contribution in [1.29, 1.82) is 0 Å². The van der Waals surface area contributed by atoms with Crippen LogP contribution in [0.25, 0.3) is 0 Å². The molecule has 1 aliphatic heterocycles. The second-order valence-corrected chi connectivity index (χ2v) is 4.95. The smallest absolute Gasteiger partial charge is 0.109 e. The molecule has 1 fully saturated rings. The number of hydrogen-bond acceptors (Lipinski definition) is 2. The Kier molecular flexibility index (Phi) is 3.53. The van der Waals surface area contributed by atoms with E-state index in [1.807, 2.05) is 25.1 Å². The third-order valence-corrected chi connectivity index (χ3v) is 3.62. The first-order chi connectivity index (χ1) is 7.63. The van der Waals surface area contributed by atoms with Crippen LogP contribution in [0.2, 0.25) is 5.02 Å². The summed E-state index contributed by atoms with van der Waals surface area (Å²) in [6.07, 6.45) is 2.39. The van der Waals surface area contributed by atoms with Crippen molar-refractivity contribution in [3.8, 4) is 0 Å². The average Bonchev–Trinajstić information content (AvgIpc) is 2.30. The number of aliphatic hydroxyl groups excluding tert-OH is 1. The fourth-order valence-corrected chi connectivity index (χ4v) is 2.44. The number of aliphatic hydroxyl groups is 1. The van der Waals surface area contributed by atoms with Crippen molar-refractivity contribution in [1.82, 2.24) is 0 Å². The summed E-state index contributed by atoms with van der Waals surface area (Å²) in [6, 6.07) is 7.40. The predicted octanol–water partition coefficient (Wildman–Crippen LogP) is 3.33. The molecule has 1 heterocycles. The number of benzene rings is 1. The van der Waals surface area contributed by atoms with E-state index in [0.29, 0.717) is 5.02 Å². The van der Waals surface area contributed by atoms with E-state index in [1.54, 1.807) is 6.07 Å². The SMILES string of the molecule is CC1(C(O)c2ccccc2Cl)CCCCO1. The van der Waals surface area contributed by atoms with Gasteiger partial charge in [-0.05, 0) is 32.3 Å². The van der Waals surface area contributed by atoms with Gasteiger partial charge in [-0.1, -0.05) is 29.8 Å². The predicted molar refractivity (Wildman–Crippen MR) is 64.6 cm³/mol. The summed E-state index contributed by atoms with van der Waals surface area (Å²) in [5.74, 6) is 0. The van der Waals surface area contributed by atoms with Gasteiger partial charge in [0.15, 0.2) is 0 Å². The topological polar surface area (TPSA) is 29.5 Å². The molecule has 2 nitrogen and oxygen atoms in total. The van der Waals surface area contributed by atoms with Crippen LogP contribution in [0.15, 0.2) is 24.3 Å². The normalized spacial score (nSPS) is 27.7. The van der Waals surface area contributed by atoms with Crippen LogP contribution in [0.3, 0.4) is 0 Å². The second kappa shape index (κ2) is 4.74. The number of ether oxygens (including phenoxy) is 1. The molecule has 2 atom stereocenters. The number of halogens is 1. The molecule has 0 amide bonds. The van der Waals surface area contributed by atoms with Gasteiger partial charge in [0.2, 0.25) is 0 Å². The minimum Gasteiger partial charge on any atom is -0.385 e. The number of hydrogen-bond donors (Lipinski definition) is 1.